The lowest BCUT2D eigenvalue weighted by Crippen LogP contribution is -2.20. The van der Waals surface area contributed by atoms with E-state index in [1.165, 1.54) is 97.7 Å². The van der Waals surface area contributed by atoms with E-state index in [4.69, 9.17) is 0 Å². The van der Waals surface area contributed by atoms with Crippen molar-refractivity contribution in [2.75, 3.05) is 4.90 Å². The molecule has 1 fully saturated rings. The number of hydrogen-bond acceptors (Lipinski definition) is 1. The number of fused-ring (bicyclic) bond motifs is 8. The zero-order valence-electron chi connectivity index (χ0n) is 30.5. The topological polar surface area (TPSA) is 8.17 Å². The first-order valence-electron chi connectivity index (χ1n) is 19.7. The third kappa shape index (κ3) is 4.37. The standard InChI is InChI=1S/C53H38N2/c1-3-12-35(13-4-1)36-20-25-40(26-21-36)54(39-14-5-2-6-15-39)41-27-22-37(23-28-41)38-24-31-49-45(34-38)43-17-11-18-46-50(43)51-47(53(46)32-9-10-33-53)30-29-44-42-16-7-8-19-48(42)55(49)52(44)51/h1-8,11-31,34H,9-10,32-33H2. The van der Waals surface area contributed by atoms with E-state index >= 15 is 0 Å². The summed E-state index contributed by atoms with van der Waals surface area (Å²) in [5, 5.41) is 2.69. The summed E-state index contributed by atoms with van der Waals surface area (Å²) in [6, 6.07) is 67.6. The minimum atomic E-state index is 0.119. The molecule has 3 aliphatic rings. The van der Waals surface area contributed by atoms with E-state index in [0.29, 0.717) is 0 Å². The summed E-state index contributed by atoms with van der Waals surface area (Å²) < 4.78 is 2.59. The molecule has 2 heterocycles. The minimum Gasteiger partial charge on any atom is -0.311 e. The summed E-state index contributed by atoms with van der Waals surface area (Å²) in [5.41, 5.74) is 21.0. The molecule has 0 N–H and O–H groups in total. The maximum Gasteiger partial charge on any atom is 0.0623 e. The van der Waals surface area contributed by atoms with E-state index in [2.05, 4.69) is 191 Å². The monoisotopic (exact) mass is 702 g/mol. The summed E-state index contributed by atoms with van der Waals surface area (Å²) in [4.78, 5) is 2.35. The van der Waals surface area contributed by atoms with Crippen LogP contribution in [0.4, 0.5) is 17.1 Å². The van der Waals surface area contributed by atoms with Gasteiger partial charge in [-0.05, 0) is 112 Å². The molecule has 55 heavy (non-hydrogen) atoms. The molecular formula is C53H38N2. The van der Waals surface area contributed by atoms with Crippen LogP contribution in [0.2, 0.25) is 0 Å². The van der Waals surface area contributed by atoms with Gasteiger partial charge in [-0.2, -0.15) is 0 Å². The van der Waals surface area contributed by atoms with Crippen molar-refractivity contribution in [1.29, 1.82) is 0 Å². The van der Waals surface area contributed by atoms with E-state index in [0.717, 1.165) is 17.1 Å². The second kappa shape index (κ2) is 11.7. The quantitative estimate of drug-likeness (QED) is 0.173. The van der Waals surface area contributed by atoms with Crippen molar-refractivity contribution >= 4 is 38.9 Å². The highest BCUT2D eigenvalue weighted by Crippen LogP contribution is 2.62. The Morgan fingerprint density at radius 3 is 1.76 bits per heavy atom. The van der Waals surface area contributed by atoms with Gasteiger partial charge < -0.3 is 9.47 Å². The average Bonchev–Trinajstić information content (AvgIpc) is 3.93. The smallest absolute Gasteiger partial charge is 0.0623 e. The number of nitrogens with zero attached hydrogens (tertiary/aromatic N) is 2. The van der Waals surface area contributed by atoms with Crippen molar-refractivity contribution in [1.82, 2.24) is 4.57 Å². The zero-order chi connectivity index (χ0) is 36.1. The second-order valence-electron chi connectivity index (χ2n) is 15.6. The number of rotatable bonds is 5. The predicted octanol–water partition coefficient (Wildman–Crippen LogP) is 14.4. The van der Waals surface area contributed by atoms with Crippen LogP contribution in [0.1, 0.15) is 36.8 Å². The molecule has 0 amide bonds. The van der Waals surface area contributed by atoms with Crippen molar-refractivity contribution < 1.29 is 0 Å². The second-order valence-corrected chi connectivity index (χ2v) is 15.6. The van der Waals surface area contributed by atoms with Crippen LogP contribution in [0, 0.1) is 0 Å². The average molecular weight is 703 g/mol. The molecule has 1 aliphatic heterocycles. The van der Waals surface area contributed by atoms with Crippen LogP contribution in [0.25, 0.3) is 72.0 Å². The largest absolute Gasteiger partial charge is 0.311 e. The Morgan fingerprint density at radius 1 is 0.418 bits per heavy atom. The number of aromatic nitrogens is 1. The van der Waals surface area contributed by atoms with Gasteiger partial charge in [0.2, 0.25) is 0 Å². The van der Waals surface area contributed by atoms with Crippen LogP contribution >= 0.6 is 0 Å². The summed E-state index contributed by atoms with van der Waals surface area (Å²) in [6.07, 6.45) is 5.06. The Hall–Kier alpha value is -6.64. The Bertz CT molecular complexity index is 2950. The fraction of sp³-hybridized carbons (Fsp3) is 0.0943. The highest BCUT2D eigenvalue weighted by atomic mass is 15.1. The van der Waals surface area contributed by atoms with Crippen LogP contribution in [0.15, 0.2) is 182 Å². The van der Waals surface area contributed by atoms with Crippen LogP contribution in [-0.4, -0.2) is 4.57 Å². The van der Waals surface area contributed by atoms with Gasteiger partial charge in [0.05, 0.1) is 16.7 Å². The molecule has 0 atom stereocenters. The van der Waals surface area contributed by atoms with Crippen LogP contribution < -0.4 is 4.90 Å². The van der Waals surface area contributed by atoms with E-state index in [-0.39, 0.29) is 5.41 Å². The Kier molecular flexibility index (Phi) is 6.54. The molecule has 8 aromatic carbocycles. The lowest BCUT2D eigenvalue weighted by Gasteiger charge is -2.27. The number of benzene rings is 8. The third-order valence-corrected chi connectivity index (χ3v) is 12.9. The van der Waals surface area contributed by atoms with Gasteiger partial charge in [-0.1, -0.05) is 140 Å². The van der Waals surface area contributed by atoms with Gasteiger partial charge >= 0.3 is 0 Å². The number of anilines is 3. The van der Waals surface area contributed by atoms with Gasteiger partial charge in [-0.3, -0.25) is 0 Å². The first-order chi connectivity index (χ1) is 27.3. The summed E-state index contributed by atoms with van der Waals surface area (Å²) >= 11 is 0. The molecule has 1 aromatic heterocycles. The predicted molar refractivity (Wildman–Crippen MR) is 230 cm³/mol. The fourth-order valence-corrected chi connectivity index (χ4v) is 10.5. The molecule has 0 saturated heterocycles. The van der Waals surface area contributed by atoms with E-state index < -0.39 is 0 Å². The fourth-order valence-electron chi connectivity index (χ4n) is 10.5. The Morgan fingerprint density at radius 2 is 1.02 bits per heavy atom. The van der Waals surface area contributed by atoms with E-state index in [9.17, 15) is 0 Å². The lowest BCUT2D eigenvalue weighted by molar-refractivity contribution is 0.550. The Balaban J connectivity index is 1.00. The van der Waals surface area contributed by atoms with Gasteiger partial charge in [0.1, 0.15) is 0 Å². The third-order valence-electron chi connectivity index (χ3n) is 12.9. The first kappa shape index (κ1) is 30.8. The lowest BCUT2D eigenvalue weighted by atomic mass is 9.76. The molecule has 0 bridgehead atoms. The number of para-hydroxylation sites is 2. The van der Waals surface area contributed by atoms with Gasteiger partial charge in [0.25, 0.3) is 0 Å². The molecule has 1 saturated carbocycles. The molecule has 2 nitrogen and oxygen atoms in total. The van der Waals surface area contributed by atoms with Crippen molar-refractivity contribution in [2.45, 2.75) is 31.1 Å². The minimum absolute atomic E-state index is 0.119. The van der Waals surface area contributed by atoms with Crippen molar-refractivity contribution in [3.8, 4) is 50.2 Å². The van der Waals surface area contributed by atoms with Crippen LogP contribution in [-0.2, 0) is 5.41 Å². The molecule has 2 heteroatoms. The molecule has 0 unspecified atom stereocenters. The molecular weight excluding hydrogens is 665 g/mol. The summed E-state index contributed by atoms with van der Waals surface area (Å²) in [7, 11) is 0. The highest BCUT2D eigenvalue weighted by Gasteiger charge is 2.47. The van der Waals surface area contributed by atoms with Gasteiger partial charge in [-0.25, -0.2) is 0 Å². The van der Waals surface area contributed by atoms with Gasteiger partial charge in [0.15, 0.2) is 0 Å². The highest BCUT2D eigenvalue weighted by molar-refractivity contribution is 6.18. The van der Waals surface area contributed by atoms with E-state index in [1.807, 2.05) is 0 Å². The van der Waals surface area contributed by atoms with Crippen LogP contribution in [0.3, 0.4) is 0 Å². The van der Waals surface area contributed by atoms with Gasteiger partial charge in [-0.15, -0.1) is 0 Å². The molecule has 2 aliphatic carbocycles. The van der Waals surface area contributed by atoms with Crippen molar-refractivity contribution in [3.05, 3.63) is 193 Å². The SMILES string of the molecule is c1ccc(-c2ccc(N(c3ccccc3)c3ccc(-c4ccc5c(c4)-c4cccc6c4-c4c(ccc7c8ccccc8n-5c47)C64CCCC4)cc3)cc2)cc1. The zero-order valence-corrected chi connectivity index (χ0v) is 30.5. The van der Waals surface area contributed by atoms with E-state index in [1.54, 1.807) is 11.1 Å². The summed E-state index contributed by atoms with van der Waals surface area (Å²) in [6.45, 7) is 0. The maximum absolute atomic E-state index is 2.59. The van der Waals surface area contributed by atoms with Crippen molar-refractivity contribution in [3.63, 3.8) is 0 Å². The molecule has 260 valence electrons. The van der Waals surface area contributed by atoms with Crippen LogP contribution in [0.5, 0.6) is 0 Å². The summed E-state index contributed by atoms with van der Waals surface area (Å²) in [5.74, 6) is 0. The normalized spacial score (nSPS) is 14.4. The van der Waals surface area contributed by atoms with Crippen molar-refractivity contribution in [2.24, 2.45) is 0 Å². The molecule has 9 aromatic rings. The number of hydrogen-bond donors (Lipinski definition) is 0. The maximum atomic E-state index is 2.59. The molecule has 12 rings (SSSR count). The van der Waals surface area contributed by atoms with Gasteiger partial charge in [0, 0.05) is 44.4 Å². The first-order valence-corrected chi connectivity index (χ1v) is 19.7. The molecule has 1 spiro atoms. The molecule has 0 radical (unpaired) electrons. The Labute approximate surface area is 321 Å².